The predicted molar refractivity (Wildman–Crippen MR) is 72.9 cm³/mol. The maximum absolute atomic E-state index is 11.4. The summed E-state index contributed by atoms with van der Waals surface area (Å²) in [6, 6.07) is 2.40. The molecule has 1 fully saturated rings. The van der Waals surface area contributed by atoms with Gasteiger partial charge in [0.25, 0.3) is 0 Å². The van der Waals surface area contributed by atoms with Crippen LogP contribution in [-0.4, -0.2) is 18.1 Å². The molecule has 0 radical (unpaired) electrons. The first-order valence-electron chi connectivity index (χ1n) is 6.28. The van der Waals surface area contributed by atoms with Gasteiger partial charge in [-0.3, -0.25) is 0 Å². The van der Waals surface area contributed by atoms with Gasteiger partial charge in [0.1, 0.15) is 10.4 Å². The third kappa shape index (κ3) is 2.37. The van der Waals surface area contributed by atoms with E-state index < -0.39 is 11.4 Å². The minimum absolute atomic E-state index is 0.211. The lowest BCUT2D eigenvalue weighted by molar-refractivity contribution is 0.0591. The first-order valence-corrected chi connectivity index (χ1v) is 7.16. The third-order valence-corrected chi connectivity index (χ3v) is 4.98. The van der Waals surface area contributed by atoms with Gasteiger partial charge in [0.05, 0.1) is 13.2 Å². The van der Waals surface area contributed by atoms with Gasteiger partial charge in [0.15, 0.2) is 5.69 Å². The van der Waals surface area contributed by atoms with Crippen LogP contribution in [0.5, 0.6) is 0 Å². The normalized spacial score (nSPS) is 26.4. The quantitative estimate of drug-likeness (QED) is 0.780. The predicted octanol–water partition coefficient (Wildman–Crippen LogP) is 3.15. The van der Waals surface area contributed by atoms with Crippen LogP contribution in [-0.2, 0) is 10.2 Å². The van der Waals surface area contributed by atoms with Gasteiger partial charge in [-0.15, -0.1) is 11.3 Å². The maximum Gasteiger partial charge on any atom is 0.357 e. The van der Waals surface area contributed by atoms with E-state index in [4.69, 9.17) is 0 Å². The van der Waals surface area contributed by atoms with Crippen molar-refractivity contribution in [2.45, 2.75) is 39.0 Å². The summed E-state index contributed by atoms with van der Waals surface area (Å²) in [5.41, 5.74) is 0.00819. The van der Waals surface area contributed by atoms with Gasteiger partial charge in [-0.25, -0.2) is 9.78 Å². The third-order valence-electron chi connectivity index (χ3n) is 3.94. The van der Waals surface area contributed by atoms with E-state index in [9.17, 15) is 10.1 Å². The minimum Gasteiger partial charge on any atom is -0.464 e. The molecule has 0 saturated heterocycles. The average molecular weight is 278 g/mol. The Morgan fingerprint density at radius 3 is 2.68 bits per heavy atom. The monoisotopic (exact) mass is 278 g/mol. The summed E-state index contributed by atoms with van der Waals surface area (Å²) in [6.45, 7) is 6.59. The van der Waals surface area contributed by atoms with Crippen molar-refractivity contribution in [1.82, 2.24) is 4.98 Å². The molecular formula is C14H18N2O2S. The summed E-state index contributed by atoms with van der Waals surface area (Å²) in [4.78, 5) is 15.7. The Balaban J connectivity index is 2.20. The molecule has 5 heteroatoms. The SMILES string of the molecule is COC(=O)c1csc(C2(C#N)CC(C(C)(C)C)C2)n1. The van der Waals surface area contributed by atoms with Crippen LogP contribution in [0.4, 0.5) is 0 Å². The van der Waals surface area contributed by atoms with Crippen LogP contribution in [0.25, 0.3) is 0 Å². The van der Waals surface area contributed by atoms with Crippen LogP contribution in [0.15, 0.2) is 5.38 Å². The lowest BCUT2D eigenvalue weighted by Crippen LogP contribution is -2.45. The summed E-state index contributed by atoms with van der Waals surface area (Å²) in [5.74, 6) is 0.0833. The van der Waals surface area contributed by atoms with E-state index in [0.717, 1.165) is 17.8 Å². The van der Waals surface area contributed by atoms with Crippen LogP contribution in [0.1, 0.15) is 49.1 Å². The lowest BCUT2D eigenvalue weighted by Gasteiger charge is -2.47. The molecule has 0 N–H and O–H groups in total. The zero-order valence-electron chi connectivity index (χ0n) is 11.7. The van der Waals surface area contributed by atoms with E-state index in [0.29, 0.717) is 11.6 Å². The van der Waals surface area contributed by atoms with Crippen molar-refractivity contribution in [2.24, 2.45) is 11.3 Å². The molecule has 19 heavy (non-hydrogen) atoms. The van der Waals surface area contributed by atoms with Crippen molar-refractivity contribution < 1.29 is 9.53 Å². The van der Waals surface area contributed by atoms with E-state index >= 15 is 0 Å². The number of carbonyl (C=O) groups excluding carboxylic acids is 1. The summed E-state index contributed by atoms with van der Waals surface area (Å²) in [5, 5.41) is 11.9. The fourth-order valence-electron chi connectivity index (χ4n) is 2.40. The van der Waals surface area contributed by atoms with Crippen molar-refractivity contribution in [2.75, 3.05) is 7.11 Å². The Morgan fingerprint density at radius 1 is 1.58 bits per heavy atom. The van der Waals surface area contributed by atoms with Crippen molar-refractivity contribution in [1.29, 1.82) is 5.26 Å². The maximum atomic E-state index is 11.4. The molecule has 0 spiro atoms. The summed E-state index contributed by atoms with van der Waals surface area (Å²) >= 11 is 1.38. The molecule has 1 heterocycles. The van der Waals surface area contributed by atoms with Gasteiger partial charge >= 0.3 is 5.97 Å². The van der Waals surface area contributed by atoms with Gasteiger partial charge in [0, 0.05) is 5.38 Å². The van der Waals surface area contributed by atoms with Crippen LogP contribution >= 0.6 is 11.3 Å². The topological polar surface area (TPSA) is 63.0 Å². The minimum atomic E-state index is -0.505. The van der Waals surface area contributed by atoms with Gasteiger partial charge in [-0.1, -0.05) is 20.8 Å². The first kappa shape index (κ1) is 14.0. The molecule has 0 bridgehead atoms. The fraction of sp³-hybridized carbons (Fsp3) is 0.643. The molecule has 1 aliphatic carbocycles. The Hall–Kier alpha value is -1.41. The molecule has 1 aromatic heterocycles. The largest absolute Gasteiger partial charge is 0.464 e. The standard InChI is InChI=1S/C14H18N2O2S/c1-13(2,3)9-5-14(6-9,8-15)12-16-10(7-19-12)11(17)18-4/h7,9H,5-6H2,1-4H3. The Labute approximate surface area is 117 Å². The number of nitriles is 1. The highest BCUT2D eigenvalue weighted by Crippen LogP contribution is 2.54. The number of hydrogen-bond acceptors (Lipinski definition) is 5. The van der Waals surface area contributed by atoms with Crippen LogP contribution < -0.4 is 0 Å². The zero-order chi connectivity index (χ0) is 14.3. The van der Waals surface area contributed by atoms with Crippen molar-refractivity contribution in [3.05, 3.63) is 16.1 Å². The van der Waals surface area contributed by atoms with Gasteiger partial charge < -0.3 is 4.74 Å². The smallest absolute Gasteiger partial charge is 0.357 e. The molecule has 1 saturated carbocycles. The molecule has 0 unspecified atom stereocenters. The number of rotatable bonds is 2. The fourth-order valence-corrected chi connectivity index (χ4v) is 3.36. The van der Waals surface area contributed by atoms with Gasteiger partial charge in [0.2, 0.25) is 0 Å². The highest BCUT2D eigenvalue weighted by atomic mass is 32.1. The van der Waals surface area contributed by atoms with E-state index in [2.05, 4.69) is 36.6 Å². The lowest BCUT2D eigenvalue weighted by atomic mass is 9.55. The van der Waals surface area contributed by atoms with E-state index in [-0.39, 0.29) is 5.41 Å². The highest BCUT2D eigenvalue weighted by molar-refractivity contribution is 7.10. The second-order valence-electron chi connectivity index (χ2n) is 6.19. The van der Waals surface area contributed by atoms with E-state index in [1.54, 1.807) is 5.38 Å². The van der Waals surface area contributed by atoms with E-state index in [1.807, 2.05) is 0 Å². The Morgan fingerprint density at radius 2 is 2.21 bits per heavy atom. The summed E-state index contributed by atoms with van der Waals surface area (Å²) in [6.07, 6.45) is 1.64. The molecule has 1 aromatic rings. The zero-order valence-corrected chi connectivity index (χ0v) is 12.5. The number of carbonyl (C=O) groups is 1. The van der Waals surface area contributed by atoms with Crippen LogP contribution in [0.3, 0.4) is 0 Å². The number of ether oxygens (including phenoxy) is 1. The first-order chi connectivity index (χ1) is 8.82. The number of nitrogens with zero attached hydrogens (tertiary/aromatic N) is 2. The molecule has 0 atom stereocenters. The van der Waals surface area contributed by atoms with Gasteiger partial charge in [-0.2, -0.15) is 5.26 Å². The number of methoxy groups -OCH3 is 1. The van der Waals surface area contributed by atoms with Crippen LogP contribution in [0, 0.1) is 22.7 Å². The van der Waals surface area contributed by atoms with Crippen molar-refractivity contribution >= 4 is 17.3 Å². The molecule has 2 rings (SSSR count). The second-order valence-corrected chi connectivity index (χ2v) is 7.05. The van der Waals surface area contributed by atoms with E-state index in [1.165, 1.54) is 18.4 Å². The number of hydrogen-bond donors (Lipinski definition) is 0. The molecule has 4 nitrogen and oxygen atoms in total. The molecule has 0 aromatic carbocycles. The second kappa shape index (κ2) is 4.61. The number of esters is 1. The highest BCUT2D eigenvalue weighted by Gasteiger charge is 2.51. The molecule has 102 valence electrons. The number of thiazole rings is 1. The summed E-state index contributed by atoms with van der Waals surface area (Å²) in [7, 11) is 1.33. The molecular weight excluding hydrogens is 260 g/mol. The molecule has 0 aliphatic heterocycles. The van der Waals surface area contributed by atoms with Gasteiger partial charge in [-0.05, 0) is 24.2 Å². The number of aromatic nitrogens is 1. The summed E-state index contributed by atoms with van der Waals surface area (Å²) < 4.78 is 4.65. The Bertz CT molecular complexity index is 530. The molecule has 1 aliphatic rings. The Kier molecular flexibility index (Phi) is 3.40. The van der Waals surface area contributed by atoms with Crippen LogP contribution in [0.2, 0.25) is 0 Å². The van der Waals surface area contributed by atoms with Crippen molar-refractivity contribution in [3.63, 3.8) is 0 Å². The average Bonchev–Trinajstić information content (AvgIpc) is 2.75. The molecule has 0 amide bonds. The van der Waals surface area contributed by atoms with Crippen molar-refractivity contribution in [3.8, 4) is 6.07 Å².